The molecule has 0 spiro atoms. The first-order chi connectivity index (χ1) is 11.2. The van der Waals surface area contributed by atoms with Gasteiger partial charge in [0, 0.05) is 17.8 Å². The molecule has 3 rings (SSSR count). The molecule has 1 N–H and O–H groups in total. The van der Waals surface area contributed by atoms with E-state index in [1.54, 1.807) is 22.9 Å². The van der Waals surface area contributed by atoms with Gasteiger partial charge >= 0.3 is 0 Å². The van der Waals surface area contributed by atoms with Gasteiger partial charge in [0.25, 0.3) is 0 Å². The molecule has 3 aromatic rings. The fraction of sp³-hybridized carbons (Fsp3) is 0.176. The number of alkyl halides is 1. The molecular weight excluding hydrogens is 316 g/mol. The fourth-order valence-corrected chi connectivity index (χ4v) is 2.40. The van der Waals surface area contributed by atoms with Gasteiger partial charge < -0.3 is 9.84 Å². The van der Waals surface area contributed by atoms with Crippen LogP contribution in [-0.2, 0) is 0 Å². The van der Waals surface area contributed by atoms with Crippen LogP contribution in [0.3, 0.4) is 0 Å². The zero-order valence-corrected chi connectivity index (χ0v) is 13.0. The Morgan fingerprint density at radius 2 is 2.00 bits per heavy atom. The second kappa shape index (κ2) is 6.71. The summed E-state index contributed by atoms with van der Waals surface area (Å²) in [6, 6.07) is 10.6. The normalized spacial score (nSPS) is 10.8. The lowest BCUT2D eigenvalue weighted by molar-refractivity contribution is 0.318. The van der Waals surface area contributed by atoms with Crippen LogP contribution in [-0.4, -0.2) is 27.1 Å². The molecule has 0 amide bonds. The second-order valence-electron chi connectivity index (χ2n) is 4.97. The number of ether oxygens (including phenoxy) is 1. The molecule has 6 heteroatoms. The third-order valence-electron chi connectivity index (χ3n) is 3.41. The zero-order chi connectivity index (χ0) is 16.2. The van der Waals surface area contributed by atoms with Gasteiger partial charge in [-0.15, -0.1) is 11.6 Å². The van der Waals surface area contributed by atoms with Crippen LogP contribution in [0.5, 0.6) is 11.5 Å². The van der Waals surface area contributed by atoms with Gasteiger partial charge in [-0.2, -0.15) is 0 Å². The SMILES string of the molecule is O=c1c(O)cn(-c2ccc(OCCCCl)cc2)c2ncccc12. The highest BCUT2D eigenvalue weighted by molar-refractivity contribution is 6.17. The number of pyridine rings is 2. The third kappa shape index (κ3) is 3.14. The van der Waals surface area contributed by atoms with Crippen molar-refractivity contribution < 1.29 is 9.84 Å². The van der Waals surface area contributed by atoms with Crippen molar-refractivity contribution in [2.24, 2.45) is 0 Å². The van der Waals surface area contributed by atoms with Gasteiger partial charge in [0.15, 0.2) is 5.75 Å². The summed E-state index contributed by atoms with van der Waals surface area (Å²) in [5.74, 6) is 0.987. The van der Waals surface area contributed by atoms with E-state index in [0.717, 1.165) is 17.9 Å². The van der Waals surface area contributed by atoms with Crippen LogP contribution >= 0.6 is 11.6 Å². The molecule has 0 saturated carbocycles. The molecule has 0 atom stereocenters. The highest BCUT2D eigenvalue weighted by Gasteiger charge is 2.10. The predicted octanol–water partition coefficient (Wildman–Crippen LogP) is 3.10. The monoisotopic (exact) mass is 330 g/mol. The molecule has 0 fully saturated rings. The zero-order valence-electron chi connectivity index (χ0n) is 12.3. The Balaban J connectivity index is 2.00. The van der Waals surface area contributed by atoms with Crippen LogP contribution in [0, 0.1) is 0 Å². The van der Waals surface area contributed by atoms with Gasteiger partial charge in [0.1, 0.15) is 11.4 Å². The Labute approximate surface area is 137 Å². The van der Waals surface area contributed by atoms with E-state index in [4.69, 9.17) is 16.3 Å². The van der Waals surface area contributed by atoms with Crippen LogP contribution in [0.1, 0.15) is 6.42 Å². The Bertz CT molecular complexity index is 875. The summed E-state index contributed by atoms with van der Waals surface area (Å²) >= 11 is 5.62. The quantitative estimate of drug-likeness (QED) is 0.576. The topological polar surface area (TPSA) is 64.3 Å². The van der Waals surface area contributed by atoms with E-state index in [0.29, 0.717) is 23.5 Å². The van der Waals surface area contributed by atoms with Gasteiger partial charge in [-0.1, -0.05) is 0 Å². The number of nitrogens with zero attached hydrogens (tertiary/aromatic N) is 2. The Morgan fingerprint density at radius 3 is 2.74 bits per heavy atom. The molecule has 0 aliphatic heterocycles. The Hall–Kier alpha value is -2.53. The van der Waals surface area contributed by atoms with Crippen LogP contribution in [0.15, 0.2) is 53.6 Å². The summed E-state index contributed by atoms with van der Waals surface area (Å²) in [4.78, 5) is 16.2. The van der Waals surface area contributed by atoms with Gasteiger partial charge in [0.2, 0.25) is 5.43 Å². The third-order valence-corrected chi connectivity index (χ3v) is 3.67. The average molecular weight is 331 g/mol. The maximum absolute atomic E-state index is 12.0. The molecule has 0 radical (unpaired) electrons. The summed E-state index contributed by atoms with van der Waals surface area (Å²) in [5, 5.41) is 10.2. The lowest BCUT2D eigenvalue weighted by Gasteiger charge is -2.11. The number of aromatic hydroxyl groups is 1. The van der Waals surface area contributed by atoms with E-state index in [1.807, 2.05) is 24.3 Å². The molecule has 23 heavy (non-hydrogen) atoms. The standard InChI is InChI=1S/C17H15ClN2O3/c18-8-2-10-23-13-6-4-12(5-7-13)20-11-15(21)16(22)14-3-1-9-19-17(14)20/h1,3-7,9,11,21H,2,8,10H2. The lowest BCUT2D eigenvalue weighted by atomic mass is 10.2. The van der Waals surface area contributed by atoms with Crippen LogP contribution in [0.4, 0.5) is 0 Å². The van der Waals surface area contributed by atoms with E-state index in [-0.39, 0.29) is 5.75 Å². The van der Waals surface area contributed by atoms with Crippen molar-refractivity contribution in [3.63, 3.8) is 0 Å². The number of hydrogen-bond acceptors (Lipinski definition) is 4. The predicted molar refractivity (Wildman–Crippen MR) is 89.8 cm³/mol. The average Bonchev–Trinajstić information content (AvgIpc) is 2.59. The lowest BCUT2D eigenvalue weighted by Crippen LogP contribution is -2.09. The van der Waals surface area contributed by atoms with Crippen molar-refractivity contribution in [3.05, 3.63) is 59.0 Å². The minimum atomic E-state index is -0.426. The van der Waals surface area contributed by atoms with Gasteiger partial charge in [-0.05, 0) is 42.8 Å². The number of fused-ring (bicyclic) bond motifs is 1. The van der Waals surface area contributed by atoms with Crippen LogP contribution in [0.2, 0.25) is 0 Å². The Morgan fingerprint density at radius 1 is 1.22 bits per heavy atom. The first-order valence-corrected chi connectivity index (χ1v) is 7.72. The first kappa shape index (κ1) is 15.4. The molecule has 5 nitrogen and oxygen atoms in total. The number of aromatic nitrogens is 2. The van der Waals surface area contributed by atoms with Crippen molar-refractivity contribution in [1.82, 2.24) is 9.55 Å². The second-order valence-corrected chi connectivity index (χ2v) is 5.35. The maximum Gasteiger partial charge on any atom is 0.232 e. The van der Waals surface area contributed by atoms with E-state index >= 15 is 0 Å². The first-order valence-electron chi connectivity index (χ1n) is 7.19. The molecule has 0 aliphatic rings. The molecule has 0 saturated heterocycles. The van der Waals surface area contributed by atoms with Crippen LogP contribution in [0.25, 0.3) is 16.7 Å². The minimum absolute atomic E-state index is 0.312. The number of benzene rings is 1. The van der Waals surface area contributed by atoms with Crippen molar-refractivity contribution in [1.29, 1.82) is 0 Å². The summed E-state index contributed by atoms with van der Waals surface area (Å²) in [5.41, 5.74) is 0.838. The van der Waals surface area contributed by atoms with Gasteiger partial charge in [-0.3, -0.25) is 9.36 Å². The summed E-state index contributed by atoms with van der Waals surface area (Å²) in [7, 11) is 0. The number of halogens is 1. The fourth-order valence-electron chi connectivity index (χ4n) is 2.29. The smallest absolute Gasteiger partial charge is 0.232 e. The molecule has 0 aliphatic carbocycles. The summed E-state index contributed by atoms with van der Waals surface area (Å²) in [6.45, 7) is 0.562. The molecule has 2 heterocycles. The molecule has 118 valence electrons. The molecular formula is C17H15ClN2O3. The van der Waals surface area contributed by atoms with E-state index in [2.05, 4.69) is 4.98 Å². The van der Waals surface area contributed by atoms with Gasteiger partial charge in [0.05, 0.1) is 18.2 Å². The van der Waals surface area contributed by atoms with Gasteiger partial charge in [-0.25, -0.2) is 4.98 Å². The highest BCUT2D eigenvalue weighted by Crippen LogP contribution is 2.20. The Kier molecular flexibility index (Phi) is 4.48. The molecule has 0 bridgehead atoms. The summed E-state index contributed by atoms with van der Waals surface area (Å²) < 4.78 is 7.23. The van der Waals surface area contributed by atoms with Crippen molar-refractivity contribution >= 4 is 22.6 Å². The maximum atomic E-state index is 12.0. The summed E-state index contributed by atoms with van der Waals surface area (Å²) in [6.07, 6.45) is 3.77. The molecule has 1 aromatic carbocycles. The van der Waals surface area contributed by atoms with Crippen molar-refractivity contribution in [2.45, 2.75) is 6.42 Å². The number of hydrogen-bond donors (Lipinski definition) is 1. The van der Waals surface area contributed by atoms with Crippen LogP contribution < -0.4 is 10.2 Å². The van der Waals surface area contributed by atoms with E-state index in [9.17, 15) is 9.90 Å². The highest BCUT2D eigenvalue weighted by atomic mass is 35.5. The van der Waals surface area contributed by atoms with Crippen molar-refractivity contribution in [3.8, 4) is 17.2 Å². The van der Waals surface area contributed by atoms with E-state index < -0.39 is 5.43 Å². The minimum Gasteiger partial charge on any atom is -0.503 e. The largest absolute Gasteiger partial charge is 0.503 e. The number of rotatable bonds is 5. The van der Waals surface area contributed by atoms with E-state index in [1.165, 1.54) is 6.20 Å². The molecule has 2 aromatic heterocycles. The molecule has 0 unspecified atom stereocenters. The van der Waals surface area contributed by atoms with Crippen molar-refractivity contribution in [2.75, 3.05) is 12.5 Å².